The van der Waals surface area contributed by atoms with Gasteiger partial charge in [-0.1, -0.05) is 170 Å². The van der Waals surface area contributed by atoms with E-state index in [-0.39, 0.29) is 0 Å². The van der Waals surface area contributed by atoms with Crippen molar-refractivity contribution in [1.82, 2.24) is 9.13 Å². The SMILES string of the molecule is c1cc2cc(c1)-n1c[n+](c3ccccc31)-c1c3cccc1-c1ccc(cc1)CCc1ccc(cc1)-c1cccc(c1-[n+]1cn(c4ccccc41)-c1cccc(c1)O2)-c1ccc(cc1)CCc1ccc-3cc1. The summed E-state index contributed by atoms with van der Waals surface area (Å²) in [4.78, 5) is 0. The summed E-state index contributed by atoms with van der Waals surface area (Å²) in [5, 5.41) is 0. The molecule has 71 heavy (non-hydrogen) atoms. The average Bonchev–Trinajstić information content (AvgIpc) is 4.02. The maximum absolute atomic E-state index is 6.83. The standard InChI is InChI=1S/C66H48N4O/c1-3-19-63-61(17-1)67-43-69(63)65-57-13-7-14-58(65)50-35-27-46(28-36-50)22-24-48-31-39-52(40-32-48)60-16-8-15-59(51-37-29-47(30-38-51)23-21-45-25-33-49(57)34-26-45)66(60)70-44-68(62-18-2-4-20-64(62)70)54-10-6-12-56(42-54)71-55-11-5-9-53(67)41-55/h1-20,25-44H,21-24H2/q+2. The zero-order valence-electron chi connectivity index (χ0n) is 39.1. The molecule has 0 spiro atoms. The zero-order chi connectivity index (χ0) is 46.8. The van der Waals surface area contributed by atoms with Crippen LogP contribution in [0.15, 0.2) is 243 Å². The lowest BCUT2D eigenvalue weighted by atomic mass is 9.92. The number of rotatable bonds is 0. The summed E-state index contributed by atoms with van der Waals surface area (Å²) in [5.74, 6) is 1.51. The first kappa shape index (κ1) is 41.0. The molecule has 0 amide bonds. The van der Waals surface area contributed by atoms with Crippen LogP contribution in [0, 0.1) is 0 Å². The van der Waals surface area contributed by atoms with Gasteiger partial charge in [0.1, 0.15) is 34.2 Å². The van der Waals surface area contributed by atoms with Gasteiger partial charge in [0.25, 0.3) is 12.7 Å². The molecule has 0 atom stereocenters. The van der Waals surface area contributed by atoms with Gasteiger partial charge in [0.2, 0.25) is 0 Å². The van der Waals surface area contributed by atoms with Crippen molar-refractivity contribution in [2.45, 2.75) is 25.7 Å². The van der Waals surface area contributed by atoms with Gasteiger partial charge >= 0.3 is 0 Å². The van der Waals surface area contributed by atoms with Crippen molar-refractivity contribution in [1.29, 1.82) is 0 Å². The molecule has 0 saturated carbocycles. The Morgan fingerprint density at radius 3 is 0.986 bits per heavy atom. The van der Waals surface area contributed by atoms with Crippen LogP contribution in [-0.4, -0.2) is 9.13 Å². The van der Waals surface area contributed by atoms with E-state index in [1.807, 2.05) is 12.1 Å². The Morgan fingerprint density at radius 2 is 0.634 bits per heavy atom. The molecule has 13 aliphatic rings. The van der Waals surface area contributed by atoms with Crippen molar-refractivity contribution in [3.63, 3.8) is 0 Å². The summed E-state index contributed by atoms with van der Waals surface area (Å²) in [6.07, 6.45) is 8.27. The number of hydrogen-bond acceptors (Lipinski definition) is 1. The average molecular weight is 913 g/mol. The van der Waals surface area contributed by atoms with Crippen molar-refractivity contribution in [2.75, 3.05) is 0 Å². The number of fused-ring (bicyclic) bond motifs is 2. The molecule has 10 aromatic carbocycles. The summed E-state index contributed by atoms with van der Waals surface area (Å²) >= 11 is 0. The van der Waals surface area contributed by atoms with E-state index in [4.69, 9.17) is 4.74 Å². The smallest absolute Gasteiger partial charge is 0.255 e. The maximum Gasteiger partial charge on any atom is 0.255 e. The number of benzene rings is 10. The number of aryl methyl sites for hydroxylation is 4. The molecule has 12 aromatic rings. The van der Waals surface area contributed by atoms with Crippen molar-refractivity contribution in [2.24, 2.45) is 0 Å². The summed E-state index contributed by atoms with van der Waals surface area (Å²) in [5.41, 5.74) is 23.3. The number of imidazole rings is 2. The zero-order valence-corrected chi connectivity index (χ0v) is 39.1. The molecule has 25 rings (SSSR count). The third-order valence-electron chi connectivity index (χ3n) is 14.7. The van der Waals surface area contributed by atoms with Crippen LogP contribution in [0.1, 0.15) is 22.3 Å². The molecule has 7 aliphatic carbocycles. The molecule has 0 unspecified atom stereocenters. The fourth-order valence-corrected chi connectivity index (χ4v) is 11.0. The van der Waals surface area contributed by atoms with E-state index < -0.39 is 0 Å². The highest BCUT2D eigenvalue weighted by molar-refractivity contribution is 5.87. The third kappa shape index (κ3) is 7.24. The molecule has 0 fully saturated rings. The van der Waals surface area contributed by atoms with Crippen molar-refractivity contribution in [3.05, 3.63) is 265 Å². The van der Waals surface area contributed by atoms with Gasteiger partial charge < -0.3 is 4.74 Å². The van der Waals surface area contributed by atoms with Gasteiger partial charge in [-0.2, -0.15) is 18.3 Å². The molecule has 8 heterocycles. The molecule has 0 N–H and O–H groups in total. The molecule has 22 bridgehead atoms. The Balaban J connectivity index is 1.04. The van der Waals surface area contributed by atoms with Crippen LogP contribution >= 0.6 is 0 Å². The first-order valence-electron chi connectivity index (χ1n) is 24.7. The second-order valence-corrected chi connectivity index (χ2v) is 19.0. The molecule has 0 radical (unpaired) electrons. The Kier molecular flexibility index (Phi) is 9.73. The largest absolute Gasteiger partial charge is 0.457 e. The molecule has 5 nitrogen and oxygen atoms in total. The highest BCUT2D eigenvalue weighted by Gasteiger charge is 2.27. The Morgan fingerprint density at radius 1 is 0.310 bits per heavy atom. The van der Waals surface area contributed by atoms with E-state index in [0.717, 1.165) is 82.0 Å². The van der Waals surface area contributed by atoms with Gasteiger partial charge in [0, 0.05) is 34.4 Å². The number of para-hydroxylation sites is 6. The molecule has 5 heteroatoms. The second-order valence-electron chi connectivity index (χ2n) is 19.0. The third-order valence-corrected chi connectivity index (χ3v) is 14.7. The van der Waals surface area contributed by atoms with Gasteiger partial charge in [0.15, 0.2) is 22.1 Å². The molecule has 0 saturated heterocycles. The van der Waals surface area contributed by atoms with Crippen LogP contribution in [0.2, 0.25) is 0 Å². The van der Waals surface area contributed by atoms with Crippen LogP contribution < -0.4 is 13.9 Å². The molecular formula is C66H48N4O+2. The minimum atomic E-state index is 0.753. The fraction of sp³-hybridized carbons (Fsp3) is 0.0606. The number of ether oxygens (including phenoxy) is 1. The molecule has 6 aliphatic heterocycles. The number of aromatic nitrogens is 4. The Labute approximate surface area is 413 Å². The molecule has 336 valence electrons. The Hall–Kier alpha value is -9.06. The van der Waals surface area contributed by atoms with E-state index in [1.165, 1.54) is 66.8 Å². The minimum Gasteiger partial charge on any atom is -0.457 e. The van der Waals surface area contributed by atoms with Crippen LogP contribution in [0.3, 0.4) is 0 Å². The maximum atomic E-state index is 6.83. The summed E-state index contributed by atoms with van der Waals surface area (Å²) in [6.45, 7) is 0. The van der Waals surface area contributed by atoms with E-state index in [0.29, 0.717) is 0 Å². The second kappa shape index (κ2) is 16.9. The molecular weight excluding hydrogens is 865 g/mol. The summed E-state index contributed by atoms with van der Waals surface area (Å²) < 4.78 is 16.2. The predicted molar refractivity (Wildman–Crippen MR) is 286 cm³/mol. The van der Waals surface area contributed by atoms with Gasteiger partial charge in [-0.3, -0.25) is 0 Å². The molecule has 2 aromatic heterocycles. The van der Waals surface area contributed by atoms with Crippen LogP contribution in [0.5, 0.6) is 11.5 Å². The van der Waals surface area contributed by atoms with Crippen LogP contribution in [0.4, 0.5) is 0 Å². The Bertz CT molecular complexity index is 3600. The normalized spacial score (nSPS) is 12.7. The fourth-order valence-electron chi connectivity index (χ4n) is 11.0. The van der Waals surface area contributed by atoms with Crippen molar-refractivity contribution < 1.29 is 13.9 Å². The highest BCUT2D eigenvalue weighted by Crippen LogP contribution is 2.38. The lowest BCUT2D eigenvalue weighted by molar-refractivity contribution is -0.566. The van der Waals surface area contributed by atoms with Crippen LogP contribution in [-0.2, 0) is 25.7 Å². The van der Waals surface area contributed by atoms with Gasteiger partial charge in [-0.25, -0.2) is 0 Å². The lowest BCUT2D eigenvalue weighted by Crippen LogP contribution is -2.30. The van der Waals surface area contributed by atoms with Gasteiger partial charge in [-0.05, 0) is 119 Å². The van der Waals surface area contributed by atoms with E-state index in [9.17, 15) is 0 Å². The summed E-state index contributed by atoms with van der Waals surface area (Å²) in [6, 6.07) is 84.9. The van der Waals surface area contributed by atoms with Crippen molar-refractivity contribution in [3.8, 4) is 78.8 Å². The van der Waals surface area contributed by atoms with Crippen LogP contribution in [0.25, 0.3) is 89.3 Å². The summed E-state index contributed by atoms with van der Waals surface area (Å²) in [7, 11) is 0. The highest BCUT2D eigenvalue weighted by atomic mass is 16.5. The van der Waals surface area contributed by atoms with Gasteiger partial charge in [0.05, 0.1) is 0 Å². The van der Waals surface area contributed by atoms with Crippen molar-refractivity contribution >= 4 is 22.1 Å². The first-order chi connectivity index (χ1) is 35.1. The van der Waals surface area contributed by atoms with E-state index in [2.05, 4.69) is 249 Å². The van der Waals surface area contributed by atoms with Gasteiger partial charge in [-0.15, -0.1) is 0 Å². The lowest BCUT2D eigenvalue weighted by Gasteiger charge is -2.15. The first-order valence-corrected chi connectivity index (χ1v) is 24.7. The monoisotopic (exact) mass is 912 g/mol. The quantitative estimate of drug-likeness (QED) is 0.139. The minimum absolute atomic E-state index is 0.753. The predicted octanol–water partition coefficient (Wildman–Crippen LogP) is 14.8. The number of nitrogens with zero attached hydrogens (tertiary/aromatic N) is 4. The van der Waals surface area contributed by atoms with E-state index >= 15 is 0 Å². The van der Waals surface area contributed by atoms with E-state index in [1.54, 1.807) is 0 Å². The topological polar surface area (TPSA) is 26.8 Å². The number of hydrogen-bond donors (Lipinski definition) is 0.